The molecule has 0 saturated carbocycles. The summed E-state index contributed by atoms with van der Waals surface area (Å²) < 4.78 is 1.78. The first kappa shape index (κ1) is 12.3. The minimum Gasteiger partial charge on any atom is -0.326 e. The van der Waals surface area contributed by atoms with Gasteiger partial charge in [0, 0.05) is 24.8 Å². The van der Waals surface area contributed by atoms with Crippen molar-refractivity contribution in [3.63, 3.8) is 0 Å². The van der Waals surface area contributed by atoms with Gasteiger partial charge in [0.05, 0.1) is 0 Å². The molecule has 1 aliphatic rings. The average Bonchev–Trinajstić information content (AvgIpc) is 2.84. The smallest absolute Gasteiger partial charge is 0.255 e. The number of nitrogens with zero attached hydrogens (tertiary/aromatic N) is 2. The summed E-state index contributed by atoms with van der Waals surface area (Å²) in [7, 11) is 0. The lowest BCUT2D eigenvalue weighted by atomic mass is 10.2. The molecule has 0 unspecified atom stereocenters. The van der Waals surface area contributed by atoms with Crippen LogP contribution in [-0.2, 0) is 13.1 Å². The molecule has 2 heterocycles. The Hall–Kier alpha value is -1.13. The number of pyridine rings is 1. The molecule has 2 rings (SSSR count). The van der Waals surface area contributed by atoms with Crippen LogP contribution in [0.15, 0.2) is 23.1 Å². The molecule has 94 valence electrons. The van der Waals surface area contributed by atoms with Crippen LogP contribution in [0.2, 0.25) is 0 Å². The molecule has 0 bridgehead atoms. The molecule has 1 aromatic heterocycles. The van der Waals surface area contributed by atoms with E-state index in [1.165, 1.54) is 25.9 Å². The van der Waals surface area contributed by atoms with Crippen LogP contribution in [0.5, 0.6) is 0 Å². The fourth-order valence-corrected chi connectivity index (χ4v) is 2.39. The van der Waals surface area contributed by atoms with Gasteiger partial charge in [0.2, 0.25) is 0 Å². The molecular weight excluding hydrogens is 214 g/mol. The van der Waals surface area contributed by atoms with Crippen molar-refractivity contribution in [1.29, 1.82) is 0 Å². The topological polar surface area (TPSA) is 51.3 Å². The summed E-state index contributed by atoms with van der Waals surface area (Å²) in [5, 5.41) is 0. The fourth-order valence-electron chi connectivity index (χ4n) is 2.39. The second-order valence-electron chi connectivity index (χ2n) is 4.64. The van der Waals surface area contributed by atoms with Crippen LogP contribution in [0, 0.1) is 0 Å². The molecule has 0 spiro atoms. The molecule has 2 N–H and O–H groups in total. The van der Waals surface area contributed by atoms with E-state index in [0.717, 1.165) is 19.5 Å². The zero-order chi connectivity index (χ0) is 12.1. The van der Waals surface area contributed by atoms with E-state index in [1.807, 2.05) is 12.3 Å². The molecule has 1 aromatic rings. The van der Waals surface area contributed by atoms with Gasteiger partial charge in [-0.2, -0.15) is 0 Å². The third kappa shape index (κ3) is 3.17. The molecular formula is C13H21N3O. The van der Waals surface area contributed by atoms with Crippen LogP contribution in [0.4, 0.5) is 0 Å². The number of likely N-dealkylation sites (tertiary alicyclic amines) is 1. The van der Waals surface area contributed by atoms with E-state index < -0.39 is 0 Å². The van der Waals surface area contributed by atoms with Crippen molar-refractivity contribution >= 4 is 0 Å². The van der Waals surface area contributed by atoms with E-state index in [-0.39, 0.29) is 5.56 Å². The number of rotatable bonds is 5. The van der Waals surface area contributed by atoms with Crippen LogP contribution >= 0.6 is 0 Å². The molecule has 0 radical (unpaired) electrons. The molecule has 0 aromatic carbocycles. The Balaban J connectivity index is 1.88. The molecule has 4 nitrogen and oxygen atoms in total. The summed E-state index contributed by atoms with van der Waals surface area (Å²) >= 11 is 0. The van der Waals surface area contributed by atoms with E-state index in [0.29, 0.717) is 12.1 Å². The highest BCUT2D eigenvalue weighted by molar-refractivity contribution is 5.09. The first-order valence-corrected chi connectivity index (χ1v) is 6.42. The first-order chi connectivity index (χ1) is 8.31. The highest BCUT2D eigenvalue weighted by atomic mass is 16.1. The number of aromatic nitrogens is 1. The Morgan fingerprint density at radius 1 is 1.24 bits per heavy atom. The standard InChI is InChI=1S/C13H21N3O/c14-11-12-5-3-9-16(13(12)17)10-4-8-15-6-1-2-7-15/h3,5,9H,1-2,4,6-8,10-11,14H2. The quantitative estimate of drug-likeness (QED) is 0.821. The van der Waals surface area contributed by atoms with Crippen LogP contribution in [0.25, 0.3) is 0 Å². The molecule has 4 heteroatoms. The van der Waals surface area contributed by atoms with Crippen LogP contribution < -0.4 is 11.3 Å². The Morgan fingerprint density at radius 2 is 2.00 bits per heavy atom. The molecule has 1 aliphatic heterocycles. The van der Waals surface area contributed by atoms with Gasteiger partial charge in [-0.15, -0.1) is 0 Å². The molecule has 0 aliphatic carbocycles. The lowest BCUT2D eigenvalue weighted by molar-refractivity contribution is 0.324. The minimum absolute atomic E-state index is 0.0661. The highest BCUT2D eigenvalue weighted by Gasteiger charge is 2.10. The van der Waals surface area contributed by atoms with Crippen LogP contribution in [0.3, 0.4) is 0 Å². The number of nitrogens with two attached hydrogens (primary N) is 1. The predicted molar refractivity (Wildman–Crippen MR) is 68.9 cm³/mol. The maximum absolute atomic E-state index is 11.9. The monoisotopic (exact) mass is 235 g/mol. The molecule has 0 atom stereocenters. The van der Waals surface area contributed by atoms with Crippen molar-refractivity contribution in [1.82, 2.24) is 9.47 Å². The van der Waals surface area contributed by atoms with E-state index in [1.54, 1.807) is 10.6 Å². The zero-order valence-electron chi connectivity index (χ0n) is 10.3. The molecule has 1 fully saturated rings. The summed E-state index contributed by atoms with van der Waals surface area (Å²) in [5.41, 5.74) is 6.29. The number of hydrogen-bond donors (Lipinski definition) is 1. The first-order valence-electron chi connectivity index (χ1n) is 6.42. The summed E-state index contributed by atoms with van der Waals surface area (Å²) in [4.78, 5) is 14.4. The maximum atomic E-state index is 11.9. The van der Waals surface area contributed by atoms with Gasteiger partial charge in [0.25, 0.3) is 5.56 Å². The predicted octanol–water partition coefficient (Wildman–Crippen LogP) is 0.793. The van der Waals surface area contributed by atoms with E-state index in [4.69, 9.17) is 5.73 Å². The van der Waals surface area contributed by atoms with Gasteiger partial charge in [0.1, 0.15) is 0 Å². The van der Waals surface area contributed by atoms with Gasteiger partial charge in [-0.25, -0.2) is 0 Å². The fraction of sp³-hybridized carbons (Fsp3) is 0.615. The van der Waals surface area contributed by atoms with Gasteiger partial charge in [-0.05, 0) is 45.0 Å². The maximum Gasteiger partial charge on any atom is 0.255 e. The largest absolute Gasteiger partial charge is 0.326 e. The van der Waals surface area contributed by atoms with E-state index in [9.17, 15) is 4.79 Å². The second kappa shape index (κ2) is 5.98. The van der Waals surface area contributed by atoms with Crippen molar-refractivity contribution in [3.05, 3.63) is 34.2 Å². The van der Waals surface area contributed by atoms with Crippen LogP contribution in [0.1, 0.15) is 24.8 Å². The third-order valence-electron chi connectivity index (χ3n) is 3.39. The van der Waals surface area contributed by atoms with Crippen molar-refractivity contribution in [3.8, 4) is 0 Å². The van der Waals surface area contributed by atoms with E-state index >= 15 is 0 Å². The Kier molecular flexibility index (Phi) is 4.34. The van der Waals surface area contributed by atoms with Crippen LogP contribution in [-0.4, -0.2) is 29.1 Å². The average molecular weight is 235 g/mol. The molecule has 1 saturated heterocycles. The van der Waals surface area contributed by atoms with Crippen molar-refractivity contribution in [2.24, 2.45) is 5.73 Å². The Morgan fingerprint density at radius 3 is 2.71 bits per heavy atom. The summed E-state index contributed by atoms with van der Waals surface area (Å²) in [6.07, 6.45) is 5.53. The highest BCUT2D eigenvalue weighted by Crippen LogP contribution is 2.07. The third-order valence-corrected chi connectivity index (χ3v) is 3.39. The zero-order valence-corrected chi connectivity index (χ0v) is 10.3. The summed E-state index contributed by atoms with van der Waals surface area (Å²) in [6.45, 7) is 4.66. The van der Waals surface area contributed by atoms with Gasteiger partial charge >= 0.3 is 0 Å². The van der Waals surface area contributed by atoms with Crippen molar-refractivity contribution in [2.45, 2.75) is 32.4 Å². The van der Waals surface area contributed by atoms with Gasteiger partial charge in [0.15, 0.2) is 0 Å². The molecule has 0 amide bonds. The summed E-state index contributed by atoms with van der Waals surface area (Å²) in [5.74, 6) is 0. The number of hydrogen-bond acceptors (Lipinski definition) is 3. The van der Waals surface area contributed by atoms with Gasteiger partial charge < -0.3 is 15.2 Å². The normalized spacial score (nSPS) is 16.5. The number of aryl methyl sites for hydroxylation is 1. The SMILES string of the molecule is NCc1cccn(CCCN2CCCC2)c1=O. The summed E-state index contributed by atoms with van der Waals surface area (Å²) in [6, 6.07) is 3.71. The van der Waals surface area contributed by atoms with Gasteiger partial charge in [-0.3, -0.25) is 4.79 Å². The lowest BCUT2D eigenvalue weighted by Crippen LogP contribution is -2.27. The minimum atomic E-state index is 0.0661. The van der Waals surface area contributed by atoms with Crippen molar-refractivity contribution < 1.29 is 0 Å². The van der Waals surface area contributed by atoms with E-state index in [2.05, 4.69) is 4.90 Å². The van der Waals surface area contributed by atoms with Gasteiger partial charge in [-0.1, -0.05) is 6.07 Å². The lowest BCUT2D eigenvalue weighted by Gasteiger charge is -2.14. The van der Waals surface area contributed by atoms with Crippen molar-refractivity contribution in [2.75, 3.05) is 19.6 Å². The second-order valence-corrected chi connectivity index (χ2v) is 4.64. The molecule has 17 heavy (non-hydrogen) atoms. The Bertz CT molecular complexity index is 407. The Labute approximate surface area is 102 Å².